The number of nitrogens with one attached hydrogen (secondary N) is 1. The van der Waals surface area contributed by atoms with E-state index in [9.17, 15) is 14.4 Å². The van der Waals surface area contributed by atoms with Gasteiger partial charge < -0.3 is 14.2 Å². The molecule has 1 saturated carbocycles. The van der Waals surface area contributed by atoms with Crippen LogP contribution in [-0.2, 0) is 14.3 Å². The van der Waals surface area contributed by atoms with Crippen LogP contribution in [0.3, 0.4) is 0 Å². The van der Waals surface area contributed by atoms with Crippen LogP contribution in [0.2, 0.25) is 0 Å². The lowest BCUT2D eigenvalue weighted by atomic mass is 9.93. The van der Waals surface area contributed by atoms with E-state index in [1.165, 1.54) is 4.90 Å². The zero-order valence-electron chi connectivity index (χ0n) is 20.7. The van der Waals surface area contributed by atoms with Crippen molar-refractivity contribution in [2.45, 2.75) is 52.0 Å². The molecule has 0 unspecified atom stereocenters. The van der Waals surface area contributed by atoms with Crippen molar-refractivity contribution < 1.29 is 19.1 Å². The van der Waals surface area contributed by atoms with E-state index < -0.39 is 17.8 Å². The molecule has 36 heavy (non-hydrogen) atoms. The Morgan fingerprint density at radius 1 is 1.03 bits per heavy atom. The summed E-state index contributed by atoms with van der Waals surface area (Å²) in [5.74, 6) is -1.14. The molecule has 0 bridgehead atoms. The minimum absolute atomic E-state index is 0.00395. The van der Waals surface area contributed by atoms with E-state index in [4.69, 9.17) is 4.74 Å². The van der Waals surface area contributed by atoms with Crippen molar-refractivity contribution in [2.24, 2.45) is 0 Å². The maximum Gasteiger partial charge on any atom is 0.331 e. The molecule has 2 aromatic rings. The van der Waals surface area contributed by atoms with Crippen LogP contribution in [0.5, 0.6) is 0 Å². The second-order valence-corrected chi connectivity index (χ2v) is 10.5. The largest absolute Gasteiger partial charge is 0.378 e. The normalized spacial score (nSPS) is 20.9. The van der Waals surface area contributed by atoms with Gasteiger partial charge in [0.1, 0.15) is 5.57 Å². The second-order valence-electron chi connectivity index (χ2n) is 9.68. The average molecular weight is 555 g/mol. The van der Waals surface area contributed by atoms with E-state index in [0.29, 0.717) is 0 Å². The van der Waals surface area contributed by atoms with Gasteiger partial charge >= 0.3 is 6.03 Å². The van der Waals surface area contributed by atoms with Gasteiger partial charge in [0, 0.05) is 40.7 Å². The third kappa shape index (κ3) is 4.62. The molecule has 0 spiro atoms. The number of hydrogen-bond acceptors (Lipinski definition) is 5. The first kappa shape index (κ1) is 24.8. The van der Waals surface area contributed by atoms with Gasteiger partial charge in [0.25, 0.3) is 11.8 Å². The number of barbiturate groups is 1. The number of carbonyl (C=O) groups excluding carboxylic acids is 3. The number of rotatable bonds is 4. The molecule has 0 radical (unpaired) electrons. The second kappa shape index (κ2) is 10.2. The lowest BCUT2D eigenvalue weighted by Gasteiger charge is -2.35. The maximum atomic E-state index is 13.3. The van der Waals surface area contributed by atoms with Crippen LogP contribution in [-0.4, -0.2) is 59.7 Å². The smallest absolute Gasteiger partial charge is 0.331 e. The minimum atomic E-state index is -0.639. The Bertz CT molecular complexity index is 1240. The van der Waals surface area contributed by atoms with Crippen LogP contribution >= 0.6 is 15.9 Å². The summed E-state index contributed by atoms with van der Waals surface area (Å²) in [6, 6.07) is 7.47. The minimum Gasteiger partial charge on any atom is -0.378 e. The number of ether oxygens (including phenoxy) is 1. The van der Waals surface area contributed by atoms with Crippen LogP contribution in [0, 0.1) is 13.8 Å². The predicted octanol–water partition coefficient (Wildman–Crippen LogP) is 4.49. The number of benzene rings is 1. The van der Waals surface area contributed by atoms with E-state index in [1.807, 2.05) is 19.9 Å². The van der Waals surface area contributed by atoms with Crippen molar-refractivity contribution >= 4 is 45.5 Å². The molecule has 9 heteroatoms. The van der Waals surface area contributed by atoms with Crippen LogP contribution in [0.15, 0.2) is 34.3 Å². The van der Waals surface area contributed by atoms with Gasteiger partial charge in [-0.15, -0.1) is 0 Å². The van der Waals surface area contributed by atoms with Gasteiger partial charge in [-0.2, -0.15) is 0 Å². The number of morpholine rings is 1. The number of carbonyl (C=O) groups is 3. The third-order valence-electron chi connectivity index (χ3n) is 7.38. The van der Waals surface area contributed by atoms with Gasteiger partial charge in [0.15, 0.2) is 0 Å². The number of amides is 4. The van der Waals surface area contributed by atoms with Gasteiger partial charge in [0.05, 0.1) is 18.9 Å². The molecule has 5 rings (SSSR count). The summed E-state index contributed by atoms with van der Waals surface area (Å²) in [6.07, 6.45) is 6.26. The van der Waals surface area contributed by atoms with Gasteiger partial charge in [-0.25, -0.2) is 4.79 Å². The number of imide groups is 2. The lowest BCUT2D eigenvalue weighted by Crippen LogP contribution is -2.58. The van der Waals surface area contributed by atoms with E-state index >= 15 is 0 Å². The Kier molecular flexibility index (Phi) is 7.03. The van der Waals surface area contributed by atoms with E-state index in [2.05, 4.69) is 48.9 Å². The van der Waals surface area contributed by atoms with Crippen molar-refractivity contribution in [1.29, 1.82) is 0 Å². The van der Waals surface area contributed by atoms with E-state index in [0.717, 1.165) is 91.2 Å². The van der Waals surface area contributed by atoms with Gasteiger partial charge in [-0.1, -0.05) is 19.3 Å². The molecule has 2 saturated heterocycles. The standard InChI is InChI=1S/C27H31BrN4O4/c1-17-14-19(15-22-25(33)29-27(35)32(26(22)34)20-6-4-3-5-7-20)18(2)31(17)21-8-9-24(23(28)16-21)30-10-12-36-13-11-30/h8-9,14-16,20H,3-7,10-13H2,1-2H3,(H,29,33,35)/b22-15+. The van der Waals surface area contributed by atoms with Crippen molar-refractivity contribution in [3.63, 3.8) is 0 Å². The summed E-state index contributed by atoms with van der Waals surface area (Å²) in [7, 11) is 0. The third-order valence-corrected chi connectivity index (χ3v) is 8.02. The molecule has 4 amide bonds. The summed E-state index contributed by atoms with van der Waals surface area (Å²) in [6.45, 7) is 7.12. The number of nitrogens with zero attached hydrogens (tertiary/aromatic N) is 3. The average Bonchev–Trinajstić information content (AvgIpc) is 3.15. The molecule has 3 heterocycles. The molecule has 3 fully saturated rings. The molecule has 1 aliphatic carbocycles. The van der Waals surface area contributed by atoms with Crippen molar-refractivity contribution in [2.75, 3.05) is 31.2 Å². The Morgan fingerprint density at radius 3 is 2.44 bits per heavy atom. The molecule has 8 nitrogen and oxygen atoms in total. The fraction of sp³-hybridized carbons (Fsp3) is 0.444. The highest BCUT2D eigenvalue weighted by Gasteiger charge is 2.40. The lowest BCUT2D eigenvalue weighted by molar-refractivity contribution is -0.132. The number of urea groups is 1. The van der Waals surface area contributed by atoms with E-state index in [1.54, 1.807) is 6.08 Å². The molecular formula is C27H31BrN4O4. The van der Waals surface area contributed by atoms with E-state index in [-0.39, 0.29) is 11.6 Å². The molecule has 3 aliphatic rings. The van der Waals surface area contributed by atoms with Crippen molar-refractivity contribution in [1.82, 2.24) is 14.8 Å². The first-order valence-corrected chi connectivity index (χ1v) is 13.4. The number of anilines is 1. The summed E-state index contributed by atoms with van der Waals surface area (Å²) in [5.41, 5.74) is 4.78. The summed E-state index contributed by atoms with van der Waals surface area (Å²) < 4.78 is 8.58. The molecule has 1 aromatic heterocycles. The van der Waals surface area contributed by atoms with Gasteiger partial charge in [-0.3, -0.25) is 19.8 Å². The first-order valence-electron chi connectivity index (χ1n) is 12.6. The van der Waals surface area contributed by atoms with Crippen molar-refractivity contribution in [3.8, 4) is 5.69 Å². The molecule has 0 atom stereocenters. The number of hydrogen-bond donors (Lipinski definition) is 1. The summed E-state index contributed by atoms with van der Waals surface area (Å²) >= 11 is 3.74. The Hall–Kier alpha value is -2.91. The predicted molar refractivity (Wildman–Crippen MR) is 141 cm³/mol. The summed E-state index contributed by atoms with van der Waals surface area (Å²) in [5, 5.41) is 2.38. The Morgan fingerprint density at radius 2 is 1.75 bits per heavy atom. The highest BCUT2D eigenvalue weighted by molar-refractivity contribution is 9.10. The highest BCUT2D eigenvalue weighted by atomic mass is 79.9. The van der Waals surface area contributed by atoms with Crippen molar-refractivity contribution in [3.05, 3.63) is 51.3 Å². The van der Waals surface area contributed by atoms with Gasteiger partial charge in [-0.05, 0) is 78.5 Å². The number of halogens is 1. The van der Waals surface area contributed by atoms with Gasteiger partial charge in [0.2, 0.25) is 0 Å². The van der Waals surface area contributed by atoms with Crippen LogP contribution < -0.4 is 10.2 Å². The Labute approximate surface area is 219 Å². The number of aromatic nitrogens is 1. The number of aryl methyl sites for hydroxylation is 1. The first-order chi connectivity index (χ1) is 17.3. The van der Waals surface area contributed by atoms with Crippen LogP contribution in [0.4, 0.5) is 10.5 Å². The SMILES string of the molecule is Cc1cc(/C=C2\C(=O)NC(=O)N(C3CCCCC3)C2=O)c(C)n1-c1ccc(N2CCOCC2)c(Br)c1. The van der Waals surface area contributed by atoms with Crippen LogP contribution in [0.25, 0.3) is 11.8 Å². The van der Waals surface area contributed by atoms with Crippen LogP contribution in [0.1, 0.15) is 49.1 Å². The molecule has 2 aliphatic heterocycles. The topological polar surface area (TPSA) is 83.9 Å². The quantitative estimate of drug-likeness (QED) is 0.444. The molecule has 1 N–H and O–H groups in total. The summed E-state index contributed by atoms with van der Waals surface area (Å²) in [4.78, 5) is 42.1. The molecule has 1 aromatic carbocycles. The monoisotopic (exact) mass is 554 g/mol. The fourth-order valence-electron chi connectivity index (χ4n) is 5.52. The zero-order valence-corrected chi connectivity index (χ0v) is 22.3. The molecular weight excluding hydrogens is 524 g/mol. The maximum absolute atomic E-state index is 13.3. The molecule has 190 valence electrons. The highest BCUT2D eigenvalue weighted by Crippen LogP contribution is 2.32. The zero-order chi connectivity index (χ0) is 25.4. The Balaban J connectivity index is 1.45. The fourth-order valence-corrected chi connectivity index (χ4v) is 6.14.